The zero-order valence-electron chi connectivity index (χ0n) is 17.8. The second-order valence-electron chi connectivity index (χ2n) is 7.29. The fraction of sp³-hybridized carbons (Fsp3) is 0.304. The number of aromatic nitrogens is 4. The number of carbonyl (C=O) groups excluding carboxylic acids is 1. The van der Waals surface area contributed by atoms with Crippen LogP contribution in [0.4, 0.5) is 0 Å². The molecule has 166 valence electrons. The second kappa shape index (κ2) is 10.8. The van der Waals surface area contributed by atoms with E-state index < -0.39 is 0 Å². The number of hydrogen-bond acceptors (Lipinski definition) is 6. The van der Waals surface area contributed by atoms with Crippen molar-refractivity contribution in [3.63, 3.8) is 0 Å². The second-order valence-corrected chi connectivity index (χ2v) is 8.79. The van der Waals surface area contributed by atoms with Crippen LogP contribution >= 0.6 is 23.4 Å². The zero-order chi connectivity index (χ0) is 22.3. The number of amides is 1. The van der Waals surface area contributed by atoms with E-state index in [1.165, 1.54) is 11.8 Å². The molecule has 9 heteroatoms. The molecule has 0 radical (unpaired) electrons. The van der Waals surface area contributed by atoms with Gasteiger partial charge in [0.25, 0.3) is 0 Å². The number of benzene rings is 2. The first-order valence-corrected chi connectivity index (χ1v) is 11.8. The average Bonchev–Trinajstić information content (AvgIpc) is 3.10. The van der Waals surface area contributed by atoms with Crippen molar-refractivity contribution < 1.29 is 9.53 Å². The van der Waals surface area contributed by atoms with Crippen molar-refractivity contribution in [3.8, 4) is 0 Å². The van der Waals surface area contributed by atoms with Gasteiger partial charge in [-0.2, -0.15) is 0 Å². The molecule has 7 nitrogen and oxygen atoms in total. The molecule has 0 bridgehead atoms. The van der Waals surface area contributed by atoms with Gasteiger partial charge in [-0.25, -0.2) is 4.98 Å². The summed E-state index contributed by atoms with van der Waals surface area (Å²) in [5.41, 5.74) is 3.72. The smallest absolute Gasteiger partial charge is 0.220 e. The maximum atomic E-state index is 11.8. The molecule has 4 rings (SSSR count). The summed E-state index contributed by atoms with van der Waals surface area (Å²) < 4.78 is 7.09. The summed E-state index contributed by atoms with van der Waals surface area (Å²) in [4.78, 5) is 16.6. The van der Waals surface area contributed by atoms with Gasteiger partial charge in [-0.3, -0.25) is 4.79 Å². The van der Waals surface area contributed by atoms with Crippen LogP contribution in [0.5, 0.6) is 0 Å². The first-order chi connectivity index (χ1) is 15.7. The Balaban J connectivity index is 1.51. The third kappa shape index (κ3) is 5.38. The van der Waals surface area contributed by atoms with Crippen LogP contribution in [0.15, 0.2) is 53.7 Å². The van der Waals surface area contributed by atoms with Crippen molar-refractivity contribution in [2.24, 2.45) is 0 Å². The lowest BCUT2D eigenvalue weighted by Crippen LogP contribution is -2.26. The monoisotopic (exact) mass is 469 g/mol. The molecule has 0 fully saturated rings. The van der Waals surface area contributed by atoms with Crippen LogP contribution < -0.4 is 5.32 Å². The van der Waals surface area contributed by atoms with Crippen molar-refractivity contribution in [2.45, 2.75) is 24.5 Å². The number of halogens is 1. The van der Waals surface area contributed by atoms with Crippen LogP contribution in [0.1, 0.15) is 18.4 Å². The molecule has 2 heterocycles. The van der Waals surface area contributed by atoms with E-state index >= 15 is 0 Å². The molecule has 0 aliphatic rings. The van der Waals surface area contributed by atoms with Gasteiger partial charge >= 0.3 is 0 Å². The first-order valence-electron chi connectivity index (χ1n) is 10.4. The van der Waals surface area contributed by atoms with Gasteiger partial charge < -0.3 is 14.6 Å². The number of fused-ring (bicyclic) bond motifs is 3. The van der Waals surface area contributed by atoms with Gasteiger partial charge in [0.1, 0.15) is 5.52 Å². The molecule has 0 saturated heterocycles. The van der Waals surface area contributed by atoms with Crippen molar-refractivity contribution >= 4 is 51.3 Å². The Kier molecular flexibility index (Phi) is 7.57. The summed E-state index contributed by atoms with van der Waals surface area (Å²) in [5.74, 6) is 0.762. The van der Waals surface area contributed by atoms with E-state index in [9.17, 15) is 4.79 Å². The van der Waals surface area contributed by atoms with Crippen LogP contribution in [0.2, 0.25) is 5.02 Å². The SMILES string of the molecule is COCCNC(=O)CCCSc1nnc2c3ccccc3n(Cc3cccc(Cl)c3)c2n1. The summed E-state index contributed by atoms with van der Waals surface area (Å²) in [7, 11) is 1.61. The molecular formula is C23H24ClN5O2S. The number of nitrogens with one attached hydrogen (secondary N) is 1. The third-order valence-electron chi connectivity index (χ3n) is 4.99. The van der Waals surface area contributed by atoms with Gasteiger partial charge in [0.15, 0.2) is 5.65 Å². The Bertz CT molecular complexity index is 1230. The fourth-order valence-electron chi connectivity index (χ4n) is 3.51. The molecular weight excluding hydrogens is 446 g/mol. The Morgan fingerprint density at radius 3 is 2.91 bits per heavy atom. The molecule has 2 aromatic heterocycles. The highest BCUT2D eigenvalue weighted by Gasteiger charge is 2.15. The van der Waals surface area contributed by atoms with E-state index in [4.69, 9.17) is 21.3 Å². The van der Waals surface area contributed by atoms with Crippen molar-refractivity contribution in [1.29, 1.82) is 0 Å². The highest BCUT2D eigenvalue weighted by Crippen LogP contribution is 2.28. The molecule has 0 unspecified atom stereocenters. The van der Waals surface area contributed by atoms with Crippen LogP contribution in [0.25, 0.3) is 22.1 Å². The van der Waals surface area contributed by atoms with E-state index in [1.807, 2.05) is 36.4 Å². The number of rotatable bonds is 10. The summed E-state index contributed by atoms with van der Waals surface area (Å²) in [6.45, 7) is 1.68. The van der Waals surface area contributed by atoms with Crippen molar-refractivity contribution in [1.82, 2.24) is 25.1 Å². The minimum absolute atomic E-state index is 0.0267. The molecule has 0 saturated carbocycles. The van der Waals surface area contributed by atoms with E-state index in [0.717, 1.165) is 39.8 Å². The van der Waals surface area contributed by atoms with E-state index in [2.05, 4.69) is 32.2 Å². The van der Waals surface area contributed by atoms with Gasteiger partial charge in [-0.05, 0) is 30.2 Å². The quantitative estimate of drug-likeness (QED) is 0.275. The highest BCUT2D eigenvalue weighted by atomic mass is 35.5. The predicted molar refractivity (Wildman–Crippen MR) is 128 cm³/mol. The Hall–Kier alpha value is -2.68. The lowest BCUT2D eigenvalue weighted by molar-refractivity contribution is -0.121. The van der Waals surface area contributed by atoms with Gasteiger partial charge in [0, 0.05) is 42.8 Å². The fourth-order valence-corrected chi connectivity index (χ4v) is 4.44. The third-order valence-corrected chi connectivity index (χ3v) is 6.15. The van der Waals surface area contributed by atoms with Gasteiger partial charge in [0.2, 0.25) is 11.1 Å². The van der Waals surface area contributed by atoms with Crippen molar-refractivity contribution in [2.75, 3.05) is 26.0 Å². The van der Waals surface area contributed by atoms with Crippen LogP contribution in [0.3, 0.4) is 0 Å². The number of para-hydroxylation sites is 1. The minimum atomic E-state index is 0.0267. The Morgan fingerprint density at radius 1 is 1.19 bits per heavy atom. The Morgan fingerprint density at radius 2 is 2.06 bits per heavy atom. The molecule has 2 aromatic carbocycles. The lowest BCUT2D eigenvalue weighted by atomic mass is 10.2. The Labute approximate surface area is 195 Å². The van der Waals surface area contributed by atoms with Crippen LogP contribution in [-0.4, -0.2) is 51.7 Å². The van der Waals surface area contributed by atoms with Gasteiger partial charge in [-0.1, -0.05) is 53.7 Å². The maximum Gasteiger partial charge on any atom is 0.220 e. The standard InChI is InChI=1S/C23H24ClN5O2S/c1-31-12-11-25-20(30)10-5-13-32-23-26-22-21(27-28-23)18-8-2-3-9-19(18)29(22)15-16-6-4-7-17(24)14-16/h2-4,6-9,14H,5,10-13,15H2,1H3,(H,25,30). The number of ether oxygens (including phenoxy) is 1. The van der Waals surface area contributed by atoms with Crippen molar-refractivity contribution in [3.05, 3.63) is 59.1 Å². The first kappa shape index (κ1) is 22.5. The van der Waals surface area contributed by atoms with Gasteiger partial charge in [-0.15, -0.1) is 10.2 Å². The number of thioether (sulfide) groups is 1. The number of methoxy groups -OCH3 is 1. The average molecular weight is 470 g/mol. The maximum absolute atomic E-state index is 11.8. The highest BCUT2D eigenvalue weighted by molar-refractivity contribution is 7.99. The topological polar surface area (TPSA) is 81.9 Å². The summed E-state index contributed by atoms with van der Waals surface area (Å²) >= 11 is 7.70. The molecule has 1 amide bonds. The minimum Gasteiger partial charge on any atom is -0.383 e. The molecule has 0 aliphatic carbocycles. The van der Waals surface area contributed by atoms with Crippen LogP contribution in [-0.2, 0) is 16.1 Å². The molecule has 0 spiro atoms. The number of hydrogen-bond donors (Lipinski definition) is 1. The molecule has 4 aromatic rings. The molecule has 1 N–H and O–H groups in total. The van der Waals surface area contributed by atoms with E-state index in [0.29, 0.717) is 36.3 Å². The molecule has 32 heavy (non-hydrogen) atoms. The number of nitrogens with zero attached hydrogens (tertiary/aromatic N) is 4. The zero-order valence-corrected chi connectivity index (χ0v) is 19.3. The van der Waals surface area contributed by atoms with Gasteiger partial charge in [0.05, 0.1) is 12.1 Å². The largest absolute Gasteiger partial charge is 0.383 e. The molecule has 0 aliphatic heterocycles. The van der Waals surface area contributed by atoms with E-state index in [-0.39, 0.29) is 5.91 Å². The molecule has 0 atom stereocenters. The normalized spacial score (nSPS) is 11.3. The predicted octanol–water partition coefficient (Wildman–Crippen LogP) is 4.32. The summed E-state index contributed by atoms with van der Waals surface area (Å²) in [5, 5.41) is 14.0. The van der Waals surface area contributed by atoms with E-state index in [1.54, 1.807) is 7.11 Å². The van der Waals surface area contributed by atoms with Crippen LogP contribution in [0, 0.1) is 0 Å². The lowest BCUT2D eigenvalue weighted by Gasteiger charge is -2.08. The number of carbonyl (C=O) groups is 1. The summed E-state index contributed by atoms with van der Waals surface area (Å²) in [6.07, 6.45) is 1.19. The summed E-state index contributed by atoms with van der Waals surface area (Å²) in [6, 6.07) is 15.9.